The number of hydrogen-bond donors (Lipinski definition) is 1. The molecule has 0 bridgehead atoms. The van der Waals surface area contributed by atoms with Gasteiger partial charge < -0.3 is 10.1 Å². The lowest BCUT2D eigenvalue weighted by atomic mass is 10.2. The van der Waals surface area contributed by atoms with Crippen LogP contribution >= 0.6 is 11.3 Å². The monoisotopic (exact) mass is 301 g/mol. The number of halogens is 3. The zero-order chi connectivity index (χ0) is 14.7. The number of hydrogen-bond acceptors (Lipinski definition) is 3. The summed E-state index contributed by atoms with van der Waals surface area (Å²) in [5.74, 6) is -1.27. The van der Waals surface area contributed by atoms with E-state index in [1.807, 2.05) is 25.3 Å². The lowest BCUT2D eigenvalue weighted by Crippen LogP contribution is -2.07. The number of rotatable bonds is 5. The van der Waals surface area contributed by atoms with Crippen molar-refractivity contribution in [1.29, 1.82) is 0 Å². The van der Waals surface area contributed by atoms with E-state index in [4.69, 9.17) is 0 Å². The number of nitrogens with one attached hydrogen (secondary N) is 1. The average molecular weight is 301 g/mol. The molecule has 20 heavy (non-hydrogen) atoms. The average Bonchev–Trinajstić information content (AvgIpc) is 2.78. The summed E-state index contributed by atoms with van der Waals surface area (Å²) in [6.07, 6.45) is 0. The molecule has 1 aromatic carbocycles. The summed E-state index contributed by atoms with van der Waals surface area (Å²) in [7, 11) is 0. The Bertz CT molecular complexity index is 586. The lowest BCUT2D eigenvalue weighted by Gasteiger charge is -2.16. The quantitative estimate of drug-likeness (QED) is 0.842. The fourth-order valence-corrected chi connectivity index (χ4v) is 2.86. The minimum Gasteiger partial charge on any atom is -0.432 e. The predicted molar refractivity (Wildman–Crippen MR) is 74.1 cm³/mol. The van der Waals surface area contributed by atoms with Crippen molar-refractivity contribution in [3.05, 3.63) is 45.9 Å². The van der Waals surface area contributed by atoms with Crippen LogP contribution in [0.2, 0.25) is 0 Å². The number of thiophene rings is 1. The van der Waals surface area contributed by atoms with Gasteiger partial charge in [0.05, 0.1) is 6.04 Å². The van der Waals surface area contributed by atoms with Crippen molar-refractivity contribution in [2.45, 2.75) is 26.5 Å². The van der Waals surface area contributed by atoms with Crippen molar-refractivity contribution in [2.75, 3.05) is 5.32 Å². The second kappa shape index (κ2) is 6.17. The predicted octanol–water partition coefficient (Wildman–Crippen LogP) is 4.97. The maximum Gasteiger partial charge on any atom is 0.387 e. The highest BCUT2D eigenvalue weighted by atomic mass is 32.1. The lowest BCUT2D eigenvalue weighted by molar-refractivity contribution is -0.0521. The molecule has 2 aromatic rings. The normalized spacial score (nSPS) is 12.5. The zero-order valence-corrected chi connectivity index (χ0v) is 11.8. The molecule has 1 atom stereocenters. The Labute approximate surface area is 119 Å². The molecule has 2 nitrogen and oxygen atoms in total. The Balaban J connectivity index is 2.11. The summed E-state index contributed by atoms with van der Waals surface area (Å²) in [6.45, 7) is 0.931. The van der Waals surface area contributed by atoms with Crippen molar-refractivity contribution in [3.8, 4) is 5.75 Å². The Kier molecular flexibility index (Phi) is 4.54. The van der Waals surface area contributed by atoms with Crippen LogP contribution in [0.4, 0.5) is 18.9 Å². The van der Waals surface area contributed by atoms with Gasteiger partial charge in [-0.25, -0.2) is 4.39 Å². The topological polar surface area (TPSA) is 21.3 Å². The Morgan fingerprint density at radius 1 is 1.25 bits per heavy atom. The van der Waals surface area contributed by atoms with Crippen LogP contribution in [0.25, 0.3) is 0 Å². The van der Waals surface area contributed by atoms with E-state index in [0.29, 0.717) is 5.69 Å². The van der Waals surface area contributed by atoms with Crippen molar-refractivity contribution < 1.29 is 17.9 Å². The van der Waals surface area contributed by atoms with Gasteiger partial charge in [0.15, 0.2) is 11.6 Å². The van der Waals surface area contributed by atoms with E-state index in [0.717, 1.165) is 16.5 Å². The number of ether oxygens (including phenoxy) is 1. The summed E-state index contributed by atoms with van der Waals surface area (Å²) in [5.41, 5.74) is 1.68. The minimum absolute atomic E-state index is 0.0104. The van der Waals surface area contributed by atoms with Gasteiger partial charge in [-0.15, -0.1) is 11.3 Å². The van der Waals surface area contributed by atoms with Gasteiger partial charge in [-0.05, 0) is 43.0 Å². The molecule has 1 aromatic heterocycles. The third-order valence-corrected chi connectivity index (χ3v) is 4.03. The van der Waals surface area contributed by atoms with Gasteiger partial charge in [-0.1, -0.05) is 0 Å². The van der Waals surface area contributed by atoms with E-state index in [2.05, 4.69) is 10.1 Å². The number of alkyl halides is 2. The first-order chi connectivity index (χ1) is 9.47. The third kappa shape index (κ3) is 3.45. The van der Waals surface area contributed by atoms with Crippen molar-refractivity contribution in [1.82, 2.24) is 0 Å². The van der Waals surface area contributed by atoms with E-state index in [1.54, 1.807) is 11.3 Å². The largest absolute Gasteiger partial charge is 0.432 e. The van der Waals surface area contributed by atoms with E-state index in [1.165, 1.54) is 12.1 Å². The van der Waals surface area contributed by atoms with Gasteiger partial charge in [-0.2, -0.15) is 8.78 Å². The molecule has 0 saturated heterocycles. The number of aryl methyl sites for hydroxylation is 1. The molecule has 0 saturated carbocycles. The summed E-state index contributed by atoms with van der Waals surface area (Å²) in [4.78, 5) is 1.15. The molecule has 1 unspecified atom stereocenters. The second-order valence-corrected chi connectivity index (χ2v) is 5.31. The van der Waals surface area contributed by atoms with Crippen LogP contribution in [-0.2, 0) is 0 Å². The molecule has 6 heteroatoms. The molecule has 0 spiro atoms. The molecule has 0 aliphatic heterocycles. The molecule has 0 radical (unpaired) electrons. The molecule has 108 valence electrons. The van der Waals surface area contributed by atoms with E-state index in [9.17, 15) is 13.2 Å². The summed E-state index contributed by atoms with van der Waals surface area (Å²) >= 11 is 1.61. The first kappa shape index (κ1) is 14.7. The van der Waals surface area contributed by atoms with E-state index >= 15 is 0 Å². The maximum absolute atomic E-state index is 13.6. The smallest absolute Gasteiger partial charge is 0.387 e. The molecule has 0 amide bonds. The summed E-state index contributed by atoms with van der Waals surface area (Å²) < 4.78 is 41.7. The van der Waals surface area contributed by atoms with Crippen LogP contribution in [-0.4, -0.2) is 6.61 Å². The fourth-order valence-electron chi connectivity index (χ4n) is 1.93. The molecular weight excluding hydrogens is 287 g/mol. The zero-order valence-electron chi connectivity index (χ0n) is 11.0. The highest BCUT2D eigenvalue weighted by Gasteiger charge is 2.13. The van der Waals surface area contributed by atoms with Crippen LogP contribution in [0.15, 0.2) is 29.6 Å². The molecular formula is C14H14F3NOS. The molecule has 0 aliphatic rings. The van der Waals surface area contributed by atoms with E-state index < -0.39 is 18.2 Å². The van der Waals surface area contributed by atoms with Crippen LogP contribution in [0, 0.1) is 12.7 Å². The molecule has 0 fully saturated rings. The van der Waals surface area contributed by atoms with Gasteiger partial charge in [0, 0.05) is 16.6 Å². The van der Waals surface area contributed by atoms with E-state index in [-0.39, 0.29) is 6.04 Å². The van der Waals surface area contributed by atoms with Crippen LogP contribution in [0.1, 0.15) is 23.4 Å². The number of benzene rings is 1. The van der Waals surface area contributed by atoms with Gasteiger partial charge in [0.1, 0.15) is 0 Å². The number of anilines is 1. The maximum atomic E-state index is 13.6. The Hall–Kier alpha value is -1.69. The molecule has 1 N–H and O–H groups in total. The molecule has 1 heterocycles. The van der Waals surface area contributed by atoms with Crippen molar-refractivity contribution in [2.24, 2.45) is 0 Å². The second-order valence-electron chi connectivity index (χ2n) is 4.36. The fraction of sp³-hybridized carbons (Fsp3) is 0.286. The minimum atomic E-state index is -3.03. The summed E-state index contributed by atoms with van der Waals surface area (Å²) in [5, 5.41) is 5.12. The van der Waals surface area contributed by atoms with Gasteiger partial charge in [-0.3, -0.25) is 0 Å². The van der Waals surface area contributed by atoms with Gasteiger partial charge >= 0.3 is 6.61 Å². The Morgan fingerprint density at radius 2 is 2.00 bits per heavy atom. The van der Waals surface area contributed by atoms with Gasteiger partial charge in [0.25, 0.3) is 0 Å². The standard InChI is InChI=1S/C14H14F3NOS/c1-8-5-6-20-13(8)9(2)18-10-3-4-12(11(15)7-10)19-14(16)17/h3-7,9,14,18H,1-2H3. The van der Waals surface area contributed by atoms with Crippen LogP contribution in [0.3, 0.4) is 0 Å². The molecule has 0 aliphatic carbocycles. The Morgan fingerprint density at radius 3 is 2.55 bits per heavy atom. The molecule has 2 rings (SSSR count). The summed E-state index contributed by atoms with van der Waals surface area (Å²) in [6, 6.07) is 5.88. The van der Waals surface area contributed by atoms with Crippen LogP contribution < -0.4 is 10.1 Å². The first-order valence-electron chi connectivity index (χ1n) is 6.02. The van der Waals surface area contributed by atoms with Crippen molar-refractivity contribution >= 4 is 17.0 Å². The van der Waals surface area contributed by atoms with Crippen molar-refractivity contribution in [3.63, 3.8) is 0 Å². The highest BCUT2D eigenvalue weighted by Crippen LogP contribution is 2.29. The third-order valence-electron chi connectivity index (χ3n) is 2.83. The highest BCUT2D eigenvalue weighted by molar-refractivity contribution is 7.10. The van der Waals surface area contributed by atoms with Gasteiger partial charge in [0.2, 0.25) is 0 Å². The SMILES string of the molecule is Cc1ccsc1C(C)Nc1ccc(OC(F)F)c(F)c1. The first-order valence-corrected chi connectivity index (χ1v) is 6.90. The van der Waals surface area contributed by atoms with Crippen LogP contribution in [0.5, 0.6) is 5.75 Å².